The van der Waals surface area contributed by atoms with Gasteiger partial charge in [0.1, 0.15) is 5.75 Å². The van der Waals surface area contributed by atoms with Crippen LogP contribution in [-0.2, 0) is 29.4 Å². The largest absolute Gasteiger partial charge is 0.497 e. The van der Waals surface area contributed by atoms with E-state index < -0.39 is 10.0 Å². The zero-order valence-electron chi connectivity index (χ0n) is 15.5. The SMILES string of the molecule is COc1cccc(-c2noc(CNS(=O)(=O)c3ccc4c(c3)CCCC4)n2)c1. The molecule has 2 aromatic carbocycles. The third-order valence-electron chi connectivity index (χ3n) is 4.84. The molecule has 8 heteroatoms. The number of sulfonamides is 1. The van der Waals surface area contributed by atoms with Crippen molar-refractivity contribution in [1.29, 1.82) is 0 Å². The summed E-state index contributed by atoms with van der Waals surface area (Å²) in [6.45, 7) is -0.0730. The maximum atomic E-state index is 12.6. The molecule has 1 aromatic heterocycles. The average molecular weight is 399 g/mol. The number of benzene rings is 2. The summed E-state index contributed by atoms with van der Waals surface area (Å²) in [7, 11) is -2.08. The lowest BCUT2D eigenvalue weighted by Crippen LogP contribution is -2.23. The van der Waals surface area contributed by atoms with Gasteiger partial charge in [-0.2, -0.15) is 4.98 Å². The molecule has 3 aromatic rings. The summed E-state index contributed by atoms with van der Waals surface area (Å²) in [5.74, 6) is 1.25. The molecule has 146 valence electrons. The lowest BCUT2D eigenvalue weighted by atomic mass is 9.92. The number of ether oxygens (including phenoxy) is 1. The molecule has 0 amide bonds. The Morgan fingerprint density at radius 1 is 1.11 bits per heavy atom. The van der Waals surface area contributed by atoms with Crippen molar-refractivity contribution in [3.05, 3.63) is 59.5 Å². The number of rotatable bonds is 6. The second-order valence-corrected chi connectivity index (χ2v) is 8.47. The highest BCUT2D eigenvalue weighted by molar-refractivity contribution is 7.89. The Kier molecular flexibility index (Phi) is 5.15. The molecule has 1 aliphatic rings. The zero-order valence-corrected chi connectivity index (χ0v) is 16.3. The van der Waals surface area contributed by atoms with E-state index in [-0.39, 0.29) is 17.3 Å². The van der Waals surface area contributed by atoms with Gasteiger partial charge in [-0.1, -0.05) is 23.4 Å². The molecule has 7 nitrogen and oxygen atoms in total. The third kappa shape index (κ3) is 3.93. The Morgan fingerprint density at radius 3 is 2.75 bits per heavy atom. The number of aromatic nitrogens is 2. The highest BCUT2D eigenvalue weighted by Crippen LogP contribution is 2.24. The van der Waals surface area contributed by atoms with Crippen LogP contribution >= 0.6 is 0 Å². The molecule has 1 aliphatic carbocycles. The molecule has 0 atom stereocenters. The van der Waals surface area contributed by atoms with Gasteiger partial charge in [0.2, 0.25) is 21.7 Å². The van der Waals surface area contributed by atoms with Gasteiger partial charge in [-0.3, -0.25) is 0 Å². The first-order chi connectivity index (χ1) is 13.5. The van der Waals surface area contributed by atoms with Crippen molar-refractivity contribution in [3.8, 4) is 17.1 Å². The standard InChI is InChI=1S/C20H21N3O4S/c1-26-17-8-4-7-16(11-17)20-22-19(27-23-20)13-21-28(24,25)18-10-9-14-5-2-3-6-15(14)12-18/h4,7-12,21H,2-3,5-6,13H2,1H3. The van der Waals surface area contributed by atoms with Gasteiger partial charge in [0.25, 0.3) is 0 Å². The second-order valence-electron chi connectivity index (χ2n) is 6.71. The normalized spacial score (nSPS) is 13.9. The van der Waals surface area contributed by atoms with E-state index in [2.05, 4.69) is 14.9 Å². The van der Waals surface area contributed by atoms with Crippen molar-refractivity contribution in [2.45, 2.75) is 37.1 Å². The summed E-state index contributed by atoms with van der Waals surface area (Å²) >= 11 is 0. The van der Waals surface area contributed by atoms with Gasteiger partial charge in [-0.15, -0.1) is 0 Å². The smallest absolute Gasteiger partial charge is 0.242 e. The van der Waals surface area contributed by atoms with Gasteiger partial charge in [0.05, 0.1) is 18.6 Å². The van der Waals surface area contributed by atoms with Gasteiger partial charge >= 0.3 is 0 Å². The van der Waals surface area contributed by atoms with Gasteiger partial charge in [0, 0.05) is 5.56 Å². The first-order valence-electron chi connectivity index (χ1n) is 9.14. The van der Waals surface area contributed by atoms with E-state index in [0.717, 1.165) is 36.8 Å². The van der Waals surface area contributed by atoms with Crippen LogP contribution < -0.4 is 9.46 Å². The summed E-state index contributed by atoms with van der Waals surface area (Å²) in [5.41, 5.74) is 3.09. The first kappa shape index (κ1) is 18.6. The molecule has 0 saturated carbocycles. The molecular weight excluding hydrogens is 378 g/mol. The lowest BCUT2D eigenvalue weighted by Gasteiger charge is -2.16. The van der Waals surface area contributed by atoms with Crippen molar-refractivity contribution in [2.75, 3.05) is 7.11 Å². The number of aryl methyl sites for hydroxylation is 2. The molecule has 28 heavy (non-hydrogen) atoms. The lowest BCUT2D eigenvalue weighted by molar-refractivity contribution is 0.376. The minimum absolute atomic E-state index is 0.0730. The second kappa shape index (κ2) is 7.73. The molecule has 0 aliphatic heterocycles. The first-order valence-corrected chi connectivity index (χ1v) is 10.6. The predicted octanol–water partition coefficient (Wildman–Crippen LogP) is 3.10. The van der Waals surface area contributed by atoms with Crippen LogP contribution in [0, 0.1) is 0 Å². The van der Waals surface area contributed by atoms with Crippen LogP contribution in [0.25, 0.3) is 11.4 Å². The molecule has 0 unspecified atom stereocenters. The Balaban J connectivity index is 1.47. The van der Waals surface area contributed by atoms with Crippen LogP contribution in [0.1, 0.15) is 29.9 Å². The highest BCUT2D eigenvalue weighted by Gasteiger charge is 2.19. The molecule has 0 fully saturated rings. The minimum Gasteiger partial charge on any atom is -0.497 e. The fraction of sp³-hybridized carbons (Fsp3) is 0.300. The fourth-order valence-electron chi connectivity index (χ4n) is 3.32. The van der Waals surface area contributed by atoms with Crippen molar-refractivity contribution in [1.82, 2.24) is 14.9 Å². The average Bonchev–Trinajstić information content (AvgIpc) is 3.21. The number of nitrogens with one attached hydrogen (secondary N) is 1. The maximum Gasteiger partial charge on any atom is 0.242 e. The predicted molar refractivity (Wildman–Crippen MR) is 103 cm³/mol. The van der Waals surface area contributed by atoms with Crippen LogP contribution in [-0.4, -0.2) is 25.7 Å². The molecule has 0 spiro atoms. The topological polar surface area (TPSA) is 94.3 Å². The Bertz CT molecular complexity index is 1090. The van der Waals surface area contributed by atoms with Gasteiger partial charge in [-0.25, -0.2) is 13.1 Å². The quantitative estimate of drug-likeness (QED) is 0.684. The summed E-state index contributed by atoms with van der Waals surface area (Å²) in [6.07, 6.45) is 4.19. The number of methoxy groups -OCH3 is 1. The van der Waals surface area contributed by atoms with E-state index in [1.165, 1.54) is 5.56 Å². The Morgan fingerprint density at radius 2 is 1.93 bits per heavy atom. The fourth-order valence-corrected chi connectivity index (χ4v) is 4.35. The Hall–Kier alpha value is -2.71. The zero-order chi connectivity index (χ0) is 19.6. The van der Waals surface area contributed by atoms with E-state index in [0.29, 0.717) is 11.6 Å². The Labute approximate surface area is 163 Å². The number of fused-ring (bicyclic) bond motifs is 1. The maximum absolute atomic E-state index is 12.6. The van der Waals surface area contributed by atoms with E-state index in [1.807, 2.05) is 24.3 Å². The van der Waals surface area contributed by atoms with Crippen molar-refractivity contribution >= 4 is 10.0 Å². The number of hydrogen-bond donors (Lipinski definition) is 1. The van der Waals surface area contributed by atoms with Crippen LogP contribution in [0.15, 0.2) is 51.9 Å². The third-order valence-corrected chi connectivity index (χ3v) is 6.24. The molecule has 1 heterocycles. The molecule has 0 radical (unpaired) electrons. The van der Waals surface area contributed by atoms with Crippen molar-refractivity contribution < 1.29 is 17.7 Å². The van der Waals surface area contributed by atoms with E-state index in [9.17, 15) is 8.42 Å². The van der Waals surface area contributed by atoms with Crippen LogP contribution in [0.2, 0.25) is 0 Å². The van der Waals surface area contributed by atoms with E-state index in [4.69, 9.17) is 9.26 Å². The molecule has 0 bridgehead atoms. The highest BCUT2D eigenvalue weighted by atomic mass is 32.2. The van der Waals surface area contributed by atoms with Gasteiger partial charge in [-0.05, 0) is 61.1 Å². The van der Waals surface area contributed by atoms with Crippen LogP contribution in [0.4, 0.5) is 0 Å². The summed E-state index contributed by atoms with van der Waals surface area (Å²) in [4.78, 5) is 4.53. The summed E-state index contributed by atoms with van der Waals surface area (Å²) < 4.78 is 38.2. The van der Waals surface area contributed by atoms with E-state index >= 15 is 0 Å². The van der Waals surface area contributed by atoms with Gasteiger partial charge in [0.15, 0.2) is 0 Å². The van der Waals surface area contributed by atoms with Crippen molar-refractivity contribution in [2.24, 2.45) is 0 Å². The summed E-state index contributed by atoms with van der Waals surface area (Å²) in [5, 5.41) is 3.92. The number of hydrogen-bond acceptors (Lipinski definition) is 6. The molecule has 0 saturated heterocycles. The van der Waals surface area contributed by atoms with Gasteiger partial charge < -0.3 is 9.26 Å². The monoisotopic (exact) mass is 399 g/mol. The van der Waals surface area contributed by atoms with E-state index in [1.54, 1.807) is 25.3 Å². The minimum atomic E-state index is -3.66. The molecule has 4 rings (SSSR count). The molecular formula is C20H21N3O4S. The molecule has 1 N–H and O–H groups in total. The van der Waals surface area contributed by atoms with Crippen LogP contribution in [0.5, 0.6) is 5.75 Å². The van der Waals surface area contributed by atoms with Crippen LogP contribution in [0.3, 0.4) is 0 Å². The number of nitrogens with zero attached hydrogens (tertiary/aromatic N) is 2. The summed E-state index contributed by atoms with van der Waals surface area (Å²) in [6, 6.07) is 12.6. The van der Waals surface area contributed by atoms with Crippen molar-refractivity contribution in [3.63, 3.8) is 0 Å².